The summed E-state index contributed by atoms with van der Waals surface area (Å²) in [6.45, 7) is 10.6. The second-order valence-electron chi connectivity index (χ2n) is 7.09. The van der Waals surface area contributed by atoms with Crippen molar-refractivity contribution in [2.45, 2.75) is 26.7 Å². The molecule has 0 spiro atoms. The van der Waals surface area contributed by atoms with E-state index in [2.05, 4.69) is 80.4 Å². The van der Waals surface area contributed by atoms with Crippen molar-refractivity contribution >= 4 is 23.1 Å². The number of aromatic nitrogens is 3. The number of hydrogen-bond acceptors (Lipinski definition) is 7. The third-order valence-electron chi connectivity index (χ3n) is 4.83. The fraction of sp³-hybridized carbons (Fsp3) is 0.550. The lowest BCUT2D eigenvalue weighted by Gasteiger charge is -2.34. The molecule has 0 bridgehead atoms. The number of nitrogens with one attached hydrogen (secondary N) is 1. The van der Waals surface area contributed by atoms with Gasteiger partial charge in [-0.1, -0.05) is 13.8 Å². The lowest BCUT2D eigenvalue weighted by atomic mass is 10.2. The summed E-state index contributed by atoms with van der Waals surface area (Å²) in [7, 11) is 2.18. The number of anilines is 4. The van der Waals surface area contributed by atoms with Crippen LogP contribution in [0.2, 0.25) is 0 Å². The molecular weight excluding hydrogens is 338 g/mol. The van der Waals surface area contributed by atoms with Crippen LogP contribution in [0.5, 0.6) is 0 Å². The van der Waals surface area contributed by atoms with E-state index < -0.39 is 0 Å². The number of piperazine rings is 1. The number of likely N-dealkylation sites (N-methyl/N-ethyl adjacent to an activating group) is 1. The Kier molecular flexibility index (Phi) is 6.81. The molecule has 2 aromatic rings. The third kappa shape index (κ3) is 5.29. The normalized spacial score (nSPS) is 15.0. The molecule has 1 aromatic heterocycles. The smallest absolute Gasteiger partial charge is 0.247 e. The van der Waals surface area contributed by atoms with Gasteiger partial charge in [-0.2, -0.15) is 10.1 Å². The molecule has 7 heteroatoms. The molecule has 0 saturated carbocycles. The summed E-state index contributed by atoms with van der Waals surface area (Å²) in [5.74, 6) is 1.42. The molecule has 2 heterocycles. The highest BCUT2D eigenvalue weighted by molar-refractivity contribution is 5.61. The van der Waals surface area contributed by atoms with Crippen LogP contribution >= 0.6 is 0 Å². The van der Waals surface area contributed by atoms with Crippen LogP contribution in [0.15, 0.2) is 30.5 Å². The molecular formula is C20H31N7. The van der Waals surface area contributed by atoms with E-state index in [1.54, 1.807) is 6.20 Å². The van der Waals surface area contributed by atoms with Crippen LogP contribution < -0.4 is 15.1 Å². The van der Waals surface area contributed by atoms with Crippen molar-refractivity contribution in [1.82, 2.24) is 20.1 Å². The van der Waals surface area contributed by atoms with Crippen LogP contribution in [0, 0.1) is 0 Å². The quantitative estimate of drug-likeness (QED) is 0.767. The van der Waals surface area contributed by atoms with E-state index in [0.717, 1.165) is 63.6 Å². The highest BCUT2D eigenvalue weighted by atomic mass is 15.3. The molecule has 7 nitrogen and oxygen atoms in total. The third-order valence-corrected chi connectivity index (χ3v) is 4.83. The van der Waals surface area contributed by atoms with E-state index in [4.69, 9.17) is 0 Å². The maximum Gasteiger partial charge on any atom is 0.247 e. The van der Waals surface area contributed by atoms with Gasteiger partial charge in [-0.25, -0.2) is 0 Å². The SMILES string of the molecule is CCCN(CCC)c1nncc(Nc2ccc(N3CCN(C)CC3)cc2)n1. The van der Waals surface area contributed by atoms with Crippen LogP contribution in [0.4, 0.5) is 23.1 Å². The standard InChI is InChI=1S/C20H31N7/c1-4-10-27(11-5-2)20-23-19(16-21-24-20)22-17-6-8-18(9-7-17)26-14-12-25(3)13-15-26/h6-9,16H,4-5,10-15H2,1-3H3,(H,22,23,24). The van der Waals surface area contributed by atoms with Gasteiger partial charge in [0.1, 0.15) is 0 Å². The minimum absolute atomic E-state index is 0.692. The van der Waals surface area contributed by atoms with Gasteiger partial charge in [0, 0.05) is 50.6 Å². The van der Waals surface area contributed by atoms with E-state index in [1.807, 2.05) is 0 Å². The molecule has 0 atom stereocenters. The highest BCUT2D eigenvalue weighted by Crippen LogP contribution is 2.21. The van der Waals surface area contributed by atoms with Gasteiger partial charge in [0.25, 0.3) is 0 Å². The average molecular weight is 370 g/mol. The molecule has 1 aliphatic heterocycles. The Hall–Kier alpha value is -2.41. The predicted octanol–water partition coefficient (Wildman–Crippen LogP) is 2.99. The summed E-state index contributed by atoms with van der Waals surface area (Å²) in [4.78, 5) is 11.6. The average Bonchev–Trinajstić information content (AvgIpc) is 2.69. The van der Waals surface area contributed by atoms with Crippen molar-refractivity contribution in [3.05, 3.63) is 30.5 Å². The first-order valence-electron chi connectivity index (χ1n) is 9.95. The Bertz CT molecular complexity index is 690. The molecule has 1 saturated heterocycles. The van der Waals surface area contributed by atoms with Gasteiger partial charge in [0.15, 0.2) is 5.82 Å². The first kappa shape index (κ1) is 19.4. The van der Waals surface area contributed by atoms with Crippen LogP contribution in [0.3, 0.4) is 0 Å². The second-order valence-corrected chi connectivity index (χ2v) is 7.09. The summed E-state index contributed by atoms with van der Waals surface area (Å²) in [6, 6.07) is 8.55. The van der Waals surface area contributed by atoms with Crippen LogP contribution in [-0.2, 0) is 0 Å². The molecule has 27 heavy (non-hydrogen) atoms. The molecule has 0 radical (unpaired) electrons. The summed E-state index contributed by atoms with van der Waals surface area (Å²) in [6.07, 6.45) is 3.80. The van der Waals surface area contributed by atoms with Gasteiger partial charge in [-0.3, -0.25) is 0 Å². The monoisotopic (exact) mass is 369 g/mol. The summed E-state index contributed by atoms with van der Waals surface area (Å²) < 4.78 is 0. The van der Waals surface area contributed by atoms with E-state index in [0.29, 0.717) is 5.95 Å². The molecule has 0 amide bonds. The van der Waals surface area contributed by atoms with E-state index in [1.165, 1.54) is 5.69 Å². The second kappa shape index (κ2) is 9.50. The minimum Gasteiger partial charge on any atom is -0.369 e. The molecule has 0 unspecified atom stereocenters. The zero-order valence-corrected chi connectivity index (χ0v) is 16.7. The maximum atomic E-state index is 4.65. The molecule has 1 fully saturated rings. The summed E-state index contributed by atoms with van der Waals surface area (Å²) in [5, 5.41) is 11.7. The van der Waals surface area contributed by atoms with Crippen molar-refractivity contribution in [1.29, 1.82) is 0 Å². The van der Waals surface area contributed by atoms with Gasteiger partial charge >= 0.3 is 0 Å². The Morgan fingerprint density at radius 2 is 1.67 bits per heavy atom. The highest BCUT2D eigenvalue weighted by Gasteiger charge is 2.14. The Balaban J connectivity index is 1.65. The fourth-order valence-corrected chi connectivity index (χ4v) is 3.31. The largest absolute Gasteiger partial charge is 0.369 e. The minimum atomic E-state index is 0.692. The van der Waals surface area contributed by atoms with Crippen molar-refractivity contribution in [3.8, 4) is 0 Å². The first-order valence-corrected chi connectivity index (χ1v) is 9.95. The van der Waals surface area contributed by atoms with Crippen molar-refractivity contribution in [3.63, 3.8) is 0 Å². The molecule has 1 aliphatic rings. The van der Waals surface area contributed by atoms with Crippen molar-refractivity contribution in [2.24, 2.45) is 0 Å². The molecule has 0 aliphatic carbocycles. The van der Waals surface area contributed by atoms with Gasteiger partial charge in [-0.15, -0.1) is 5.10 Å². The Labute approximate surface area is 162 Å². The lowest BCUT2D eigenvalue weighted by molar-refractivity contribution is 0.313. The van der Waals surface area contributed by atoms with E-state index in [-0.39, 0.29) is 0 Å². The van der Waals surface area contributed by atoms with Gasteiger partial charge in [0.05, 0.1) is 6.20 Å². The first-order chi connectivity index (χ1) is 13.2. The van der Waals surface area contributed by atoms with Gasteiger partial charge in [0.2, 0.25) is 5.95 Å². The van der Waals surface area contributed by atoms with E-state index in [9.17, 15) is 0 Å². The van der Waals surface area contributed by atoms with Crippen LogP contribution in [0.25, 0.3) is 0 Å². The zero-order chi connectivity index (χ0) is 19.1. The molecule has 1 aromatic carbocycles. The van der Waals surface area contributed by atoms with E-state index >= 15 is 0 Å². The molecule has 3 rings (SSSR count). The zero-order valence-electron chi connectivity index (χ0n) is 16.7. The lowest BCUT2D eigenvalue weighted by Crippen LogP contribution is -2.44. The Morgan fingerprint density at radius 1 is 1.00 bits per heavy atom. The van der Waals surface area contributed by atoms with Crippen molar-refractivity contribution < 1.29 is 0 Å². The van der Waals surface area contributed by atoms with Gasteiger partial charge < -0.3 is 20.0 Å². The number of hydrogen-bond donors (Lipinski definition) is 1. The topological polar surface area (TPSA) is 60.4 Å². The predicted molar refractivity (Wildman–Crippen MR) is 112 cm³/mol. The molecule has 146 valence electrons. The van der Waals surface area contributed by atoms with Gasteiger partial charge in [-0.05, 0) is 44.2 Å². The maximum absolute atomic E-state index is 4.65. The van der Waals surface area contributed by atoms with Crippen LogP contribution in [-0.4, -0.2) is 66.4 Å². The Morgan fingerprint density at radius 3 is 2.30 bits per heavy atom. The summed E-state index contributed by atoms with van der Waals surface area (Å²) in [5.41, 5.74) is 2.28. The van der Waals surface area contributed by atoms with Crippen molar-refractivity contribution in [2.75, 3.05) is 61.4 Å². The van der Waals surface area contributed by atoms with Crippen LogP contribution in [0.1, 0.15) is 26.7 Å². The molecule has 1 N–H and O–H groups in total. The number of rotatable bonds is 8. The number of benzene rings is 1. The summed E-state index contributed by atoms with van der Waals surface area (Å²) >= 11 is 0. The number of nitrogens with zero attached hydrogens (tertiary/aromatic N) is 6. The fourth-order valence-electron chi connectivity index (χ4n) is 3.31.